The third-order valence-corrected chi connectivity index (χ3v) is 4.27. The van der Waals surface area contributed by atoms with Gasteiger partial charge in [-0.3, -0.25) is 4.79 Å². The molecular formula is C14H13F2N3O4S. The summed E-state index contributed by atoms with van der Waals surface area (Å²) in [6.07, 6.45) is 2.50. The zero-order valence-electron chi connectivity index (χ0n) is 12.4. The largest absolute Gasteiger partial charge is 0.464 e. The van der Waals surface area contributed by atoms with Crippen LogP contribution in [-0.4, -0.2) is 36.7 Å². The fourth-order valence-electron chi connectivity index (χ4n) is 1.78. The number of benzene rings is 1. The summed E-state index contributed by atoms with van der Waals surface area (Å²) in [5.41, 5.74) is -0.237. The normalized spacial score (nSPS) is 11.3. The molecule has 7 nitrogen and oxygen atoms in total. The Morgan fingerprint density at radius 1 is 1.25 bits per heavy atom. The Kier molecular flexibility index (Phi) is 5.39. The molecule has 0 saturated carbocycles. The molecule has 0 unspecified atom stereocenters. The van der Waals surface area contributed by atoms with Gasteiger partial charge in [0.15, 0.2) is 0 Å². The predicted molar refractivity (Wildman–Crippen MR) is 80.8 cm³/mol. The molecule has 0 radical (unpaired) electrons. The number of amides is 1. The lowest BCUT2D eigenvalue weighted by atomic mass is 10.2. The summed E-state index contributed by atoms with van der Waals surface area (Å²) in [6.45, 7) is 2.12. The monoisotopic (exact) mass is 357 g/mol. The molecule has 0 atom stereocenters. The van der Waals surface area contributed by atoms with Gasteiger partial charge in [-0.2, -0.15) is 8.78 Å². The van der Waals surface area contributed by atoms with Crippen LogP contribution in [0.3, 0.4) is 0 Å². The molecule has 1 aromatic heterocycles. The third-order valence-electron chi connectivity index (χ3n) is 2.83. The summed E-state index contributed by atoms with van der Waals surface area (Å²) in [7, 11) is -4.90. The van der Waals surface area contributed by atoms with E-state index in [0.29, 0.717) is 6.61 Å². The van der Waals surface area contributed by atoms with Crippen LogP contribution in [0.4, 0.5) is 14.5 Å². The Balaban J connectivity index is 2.28. The smallest absolute Gasteiger partial charge is 0.341 e. The second kappa shape index (κ2) is 7.30. The van der Waals surface area contributed by atoms with Gasteiger partial charge >= 0.3 is 11.8 Å². The Morgan fingerprint density at radius 3 is 2.46 bits per heavy atom. The molecule has 0 aliphatic carbocycles. The highest BCUT2D eigenvalue weighted by atomic mass is 32.2. The third kappa shape index (κ3) is 3.82. The summed E-state index contributed by atoms with van der Waals surface area (Å²) >= 11 is 0. The highest BCUT2D eigenvalue weighted by Gasteiger charge is 2.30. The van der Waals surface area contributed by atoms with E-state index in [-0.39, 0.29) is 11.7 Å². The lowest BCUT2D eigenvalue weighted by molar-refractivity contribution is 0.102. The standard InChI is InChI=1S/C14H13F2N3O4S/c1-2-23-14-17-7-9(8-18-14)19-12(20)10-5-3-4-6-11(10)24(21,22)13(15)16/h3-8,13H,2H2,1H3,(H,19,20). The lowest BCUT2D eigenvalue weighted by Gasteiger charge is -2.10. The zero-order chi connectivity index (χ0) is 17.7. The van der Waals surface area contributed by atoms with Gasteiger partial charge in [0, 0.05) is 0 Å². The molecule has 0 fully saturated rings. The number of alkyl halides is 2. The number of carbonyl (C=O) groups is 1. The van der Waals surface area contributed by atoms with Crippen LogP contribution in [-0.2, 0) is 9.84 Å². The van der Waals surface area contributed by atoms with Crippen molar-refractivity contribution >= 4 is 21.4 Å². The highest BCUT2D eigenvalue weighted by molar-refractivity contribution is 7.91. The highest BCUT2D eigenvalue weighted by Crippen LogP contribution is 2.23. The molecule has 1 aromatic carbocycles. The molecular weight excluding hydrogens is 344 g/mol. The molecule has 1 N–H and O–H groups in total. The molecule has 0 bridgehead atoms. The van der Waals surface area contributed by atoms with Gasteiger partial charge in [-0.1, -0.05) is 12.1 Å². The summed E-state index contributed by atoms with van der Waals surface area (Å²) in [6, 6.07) is 4.82. The SMILES string of the molecule is CCOc1ncc(NC(=O)c2ccccc2S(=O)(=O)C(F)F)cn1. The average molecular weight is 357 g/mol. The molecule has 1 amide bonds. The summed E-state index contributed by atoms with van der Waals surface area (Å²) < 4.78 is 53.8. The first-order valence-corrected chi connectivity index (χ1v) is 8.28. The van der Waals surface area contributed by atoms with E-state index < -0.39 is 32.0 Å². The van der Waals surface area contributed by atoms with Crippen molar-refractivity contribution in [3.05, 3.63) is 42.2 Å². The van der Waals surface area contributed by atoms with Crippen molar-refractivity contribution in [1.82, 2.24) is 9.97 Å². The first-order chi connectivity index (χ1) is 11.4. The first kappa shape index (κ1) is 17.7. The van der Waals surface area contributed by atoms with Crippen molar-refractivity contribution in [1.29, 1.82) is 0 Å². The van der Waals surface area contributed by atoms with Crippen molar-refractivity contribution in [2.45, 2.75) is 17.6 Å². The maximum Gasteiger partial charge on any atom is 0.341 e. The van der Waals surface area contributed by atoms with Gasteiger partial charge in [0.05, 0.1) is 35.1 Å². The minimum Gasteiger partial charge on any atom is -0.464 e. The Bertz CT molecular complexity index is 826. The minimum atomic E-state index is -4.90. The van der Waals surface area contributed by atoms with Crippen LogP contribution in [0.15, 0.2) is 41.6 Å². The molecule has 1 heterocycles. The van der Waals surface area contributed by atoms with Gasteiger partial charge in [0.1, 0.15) is 0 Å². The van der Waals surface area contributed by atoms with Gasteiger partial charge in [-0.15, -0.1) is 0 Å². The quantitative estimate of drug-likeness (QED) is 0.850. The first-order valence-electron chi connectivity index (χ1n) is 6.73. The molecule has 0 aliphatic rings. The number of anilines is 1. The second-order valence-electron chi connectivity index (χ2n) is 4.44. The van der Waals surface area contributed by atoms with E-state index in [1.807, 2.05) is 0 Å². The van der Waals surface area contributed by atoms with Gasteiger partial charge in [0.25, 0.3) is 5.91 Å². The number of nitrogens with one attached hydrogen (secondary N) is 1. The van der Waals surface area contributed by atoms with E-state index in [2.05, 4.69) is 15.3 Å². The predicted octanol–water partition coefficient (Wildman–Crippen LogP) is 2.12. The number of nitrogens with zero attached hydrogens (tertiary/aromatic N) is 2. The molecule has 2 aromatic rings. The molecule has 0 spiro atoms. The van der Waals surface area contributed by atoms with Crippen LogP contribution in [0.2, 0.25) is 0 Å². The van der Waals surface area contributed by atoms with Crippen molar-refractivity contribution in [2.75, 3.05) is 11.9 Å². The van der Waals surface area contributed by atoms with E-state index in [0.717, 1.165) is 12.1 Å². The van der Waals surface area contributed by atoms with Crippen LogP contribution < -0.4 is 10.1 Å². The Morgan fingerprint density at radius 2 is 1.88 bits per heavy atom. The Hall–Kier alpha value is -2.62. The Labute approximate surface area is 136 Å². The summed E-state index contributed by atoms with van der Waals surface area (Å²) in [5, 5.41) is 2.35. The number of rotatable bonds is 6. The number of sulfone groups is 1. The maximum absolute atomic E-state index is 12.7. The zero-order valence-corrected chi connectivity index (χ0v) is 13.3. The van der Waals surface area contributed by atoms with Crippen molar-refractivity contribution in [2.24, 2.45) is 0 Å². The maximum atomic E-state index is 12.7. The molecule has 2 rings (SSSR count). The molecule has 0 aliphatic heterocycles. The van der Waals surface area contributed by atoms with Gasteiger partial charge in [-0.25, -0.2) is 18.4 Å². The van der Waals surface area contributed by atoms with Crippen LogP contribution in [0, 0.1) is 0 Å². The minimum absolute atomic E-state index is 0.108. The van der Waals surface area contributed by atoms with E-state index in [9.17, 15) is 22.0 Å². The van der Waals surface area contributed by atoms with Crippen molar-refractivity contribution in [3.8, 4) is 6.01 Å². The topological polar surface area (TPSA) is 98.2 Å². The van der Waals surface area contributed by atoms with Gasteiger partial charge in [-0.05, 0) is 19.1 Å². The number of hydrogen-bond donors (Lipinski definition) is 1. The van der Waals surface area contributed by atoms with Crippen molar-refractivity contribution < 1.29 is 26.7 Å². The molecule has 0 saturated heterocycles. The lowest BCUT2D eigenvalue weighted by Crippen LogP contribution is -2.19. The van der Waals surface area contributed by atoms with Crippen LogP contribution in [0.5, 0.6) is 6.01 Å². The number of halogens is 2. The van der Waals surface area contributed by atoms with Crippen LogP contribution in [0.1, 0.15) is 17.3 Å². The van der Waals surface area contributed by atoms with E-state index in [4.69, 9.17) is 4.74 Å². The summed E-state index contributed by atoms with van der Waals surface area (Å²) in [4.78, 5) is 19.1. The summed E-state index contributed by atoms with van der Waals surface area (Å²) in [5.74, 6) is -4.50. The van der Waals surface area contributed by atoms with Gasteiger partial charge in [0.2, 0.25) is 9.84 Å². The molecule has 10 heteroatoms. The van der Waals surface area contributed by atoms with E-state index in [1.165, 1.54) is 24.5 Å². The van der Waals surface area contributed by atoms with Gasteiger partial charge < -0.3 is 10.1 Å². The fourth-order valence-corrected chi connectivity index (χ4v) is 2.71. The molecule has 24 heavy (non-hydrogen) atoms. The van der Waals surface area contributed by atoms with Crippen molar-refractivity contribution in [3.63, 3.8) is 0 Å². The van der Waals surface area contributed by atoms with Crippen LogP contribution >= 0.6 is 0 Å². The van der Waals surface area contributed by atoms with E-state index >= 15 is 0 Å². The number of carbonyl (C=O) groups excluding carboxylic acids is 1. The van der Waals surface area contributed by atoms with E-state index in [1.54, 1.807) is 6.92 Å². The van der Waals surface area contributed by atoms with Crippen LogP contribution in [0.25, 0.3) is 0 Å². The number of ether oxygens (including phenoxy) is 1. The molecule has 128 valence electrons. The number of hydrogen-bond acceptors (Lipinski definition) is 6. The average Bonchev–Trinajstić information content (AvgIpc) is 2.56. The fraction of sp³-hybridized carbons (Fsp3) is 0.214. The second-order valence-corrected chi connectivity index (χ2v) is 6.33. The number of aromatic nitrogens is 2.